The third-order valence-electron chi connectivity index (χ3n) is 4.92. The van der Waals surface area contributed by atoms with Crippen molar-refractivity contribution in [3.63, 3.8) is 0 Å². The van der Waals surface area contributed by atoms with Gasteiger partial charge in [0.1, 0.15) is 6.07 Å². The van der Waals surface area contributed by atoms with E-state index in [0.29, 0.717) is 25.1 Å². The van der Waals surface area contributed by atoms with Crippen LogP contribution in [0.15, 0.2) is 54.9 Å². The first-order chi connectivity index (χ1) is 12.2. The molecule has 1 aliphatic rings. The van der Waals surface area contributed by atoms with Crippen LogP contribution in [0.3, 0.4) is 0 Å². The molecule has 0 aliphatic carbocycles. The van der Waals surface area contributed by atoms with Gasteiger partial charge >= 0.3 is 0 Å². The van der Waals surface area contributed by atoms with Crippen LogP contribution in [0.25, 0.3) is 5.52 Å². The number of hydrogen-bond acceptors (Lipinski definition) is 3. The summed E-state index contributed by atoms with van der Waals surface area (Å²) in [6.45, 7) is 1.17. The fraction of sp³-hybridized carbons (Fsp3) is 0.200. The Labute approximate surface area is 145 Å². The van der Waals surface area contributed by atoms with E-state index in [1.807, 2.05) is 47.1 Å². The quantitative estimate of drug-likeness (QED) is 0.800. The molecule has 0 unspecified atom stereocenters. The van der Waals surface area contributed by atoms with Crippen LogP contribution in [0.5, 0.6) is 0 Å². The van der Waals surface area contributed by atoms with Crippen molar-refractivity contribution < 1.29 is 4.79 Å². The third-order valence-corrected chi connectivity index (χ3v) is 4.92. The molecule has 2 aromatic heterocycles. The van der Waals surface area contributed by atoms with E-state index in [2.05, 4.69) is 23.1 Å². The molecule has 1 aromatic carbocycles. The Morgan fingerprint density at radius 1 is 1.20 bits per heavy atom. The van der Waals surface area contributed by atoms with Crippen molar-refractivity contribution >= 4 is 11.4 Å². The van der Waals surface area contributed by atoms with Gasteiger partial charge in [0.05, 0.1) is 17.1 Å². The number of benzene rings is 1. The lowest BCUT2D eigenvalue weighted by Gasteiger charge is -2.34. The monoisotopic (exact) mass is 330 g/mol. The predicted molar refractivity (Wildman–Crippen MR) is 94.5 cm³/mol. The molecule has 25 heavy (non-hydrogen) atoms. The number of carbonyl (C=O) groups is 1. The van der Waals surface area contributed by atoms with Crippen molar-refractivity contribution in [2.75, 3.05) is 0 Å². The molecule has 0 radical (unpaired) electrons. The van der Waals surface area contributed by atoms with E-state index in [-0.39, 0.29) is 11.9 Å². The van der Waals surface area contributed by atoms with Crippen molar-refractivity contribution in [1.82, 2.24) is 9.30 Å². The van der Waals surface area contributed by atoms with E-state index < -0.39 is 0 Å². The van der Waals surface area contributed by atoms with E-state index in [9.17, 15) is 10.1 Å². The van der Waals surface area contributed by atoms with Gasteiger partial charge in [0.25, 0.3) is 0 Å². The molecule has 2 N–H and O–H groups in total. The Kier molecular flexibility index (Phi) is 3.75. The van der Waals surface area contributed by atoms with Gasteiger partial charge in [-0.05, 0) is 29.7 Å². The molecule has 4 rings (SSSR count). The number of amides is 1. The molecular formula is C20H18N4O. The lowest BCUT2D eigenvalue weighted by molar-refractivity contribution is -0.124. The van der Waals surface area contributed by atoms with Crippen LogP contribution in [0.1, 0.15) is 22.3 Å². The maximum absolute atomic E-state index is 12.0. The van der Waals surface area contributed by atoms with Gasteiger partial charge in [-0.15, -0.1) is 0 Å². The van der Waals surface area contributed by atoms with Gasteiger partial charge in [-0.2, -0.15) is 5.26 Å². The summed E-state index contributed by atoms with van der Waals surface area (Å²) in [5.41, 5.74) is 10.5. The topological polar surface area (TPSA) is 74.5 Å². The average molecular weight is 330 g/mol. The highest BCUT2D eigenvalue weighted by atomic mass is 16.1. The van der Waals surface area contributed by atoms with Crippen LogP contribution in [-0.4, -0.2) is 21.2 Å². The number of fused-ring (bicyclic) bond motifs is 2. The molecule has 124 valence electrons. The first-order valence-corrected chi connectivity index (χ1v) is 8.26. The molecule has 5 heteroatoms. The van der Waals surface area contributed by atoms with E-state index >= 15 is 0 Å². The highest BCUT2D eigenvalue weighted by Gasteiger charge is 2.30. The molecule has 0 spiro atoms. The number of hydrogen-bond donors (Lipinski definition) is 1. The molecule has 1 atom stereocenters. The number of nitrogens with two attached hydrogens (primary N) is 1. The Morgan fingerprint density at radius 2 is 1.96 bits per heavy atom. The predicted octanol–water partition coefficient (Wildman–Crippen LogP) is 2.22. The van der Waals surface area contributed by atoms with Crippen molar-refractivity contribution in [1.29, 1.82) is 5.26 Å². The minimum atomic E-state index is -0.357. The Bertz CT molecular complexity index is 998. The summed E-state index contributed by atoms with van der Waals surface area (Å²) < 4.78 is 1.95. The SMILES string of the molecule is N#Cc1c(CN2Cc3ccccc3C[C@H]2C(N)=O)cn2ccccc12. The molecule has 5 nitrogen and oxygen atoms in total. The van der Waals surface area contributed by atoms with Crippen molar-refractivity contribution in [2.45, 2.75) is 25.6 Å². The first-order valence-electron chi connectivity index (χ1n) is 8.26. The van der Waals surface area contributed by atoms with E-state index in [1.54, 1.807) is 0 Å². The van der Waals surface area contributed by atoms with Gasteiger partial charge in [-0.3, -0.25) is 9.69 Å². The number of nitrogens with zero attached hydrogens (tertiary/aromatic N) is 3. The summed E-state index contributed by atoms with van der Waals surface area (Å²) in [5.74, 6) is -0.322. The van der Waals surface area contributed by atoms with Gasteiger partial charge in [0, 0.05) is 31.0 Å². The standard InChI is InChI=1S/C20H18N4O/c21-10-17-16(12-23-8-4-3-7-18(17)23)13-24-11-15-6-2-1-5-14(15)9-19(24)20(22)25/h1-8,12,19H,9,11,13H2,(H2,22,25)/t19-/m0/s1. The normalized spacial score (nSPS) is 17.2. The number of nitriles is 1. The minimum absolute atomic E-state index is 0.322. The van der Waals surface area contributed by atoms with Crippen LogP contribution in [0, 0.1) is 11.3 Å². The van der Waals surface area contributed by atoms with Gasteiger partial charge in [0.15, 0.2) is 0 Å². The summed E-state index contributed by atoms with van der Waals surface area (Å²) in [4.78, 5) is 14.1. The summed E-state index contributed by atoms with van der Waals surface area (Å²) >= 11 is 0. The van der Waals surface area contributed by atoms with Crippen molar-refractivity contribution in [2.24, 2.45) is 5.73 Å². The molecule has 0 fully saturated rings. The fourth-order valence-electron chi connectivity index (χ4n) is 3.67. The average Bonchev–Trinajstić information content (AvgIpc) is 2.98. The molecule has 0 bridgehead atoms. The second kappa shape index (κ2) is 6.08. The van der Waals surface area contributed by atoms with E-state index in [4.69, 9.17) is 5.73 Å². The molecule has 0 saturated heterocycles. The minimum Gasteiger partial charge on any atom is -0.368 e. The molecule has 3 heterocycles. The highest BCUT2D eigenvalue weighted by Crippen LogP contribution is 2.27. The van der Waals surface area contributed by atoms with E-state index in [0.717, 1.165) is 11.1 Å². The largest absolute Gasteiger partial charge is 0.368 e. The lowest BCUT2D eigenvalue weighted by atomic mass is 9.93. The molecule has 0 saturated carbocycles. The van der Waals surface area contributed by atoms with Crippen LogP contribution in [0.4, 0.5) is 0 Å². The van der Waals surface area contributed by atoms with Gasteiger partial charge < -0.3 is 10.1 Å². The molecule has 3 aromatic rings. The Balaban J connectivity index is 1.72. The highest BCUT2D eigenvalue weighted by molar-refractivity contribution is 5.80. The Hall–Kier alpha value is -3.10. The summed E-state index contributed by atoms with van der Waals surface area (Å²) in [6.07, 6.45) is 4.50. The van der Waals surface area contributed by atoms with Crippen LogP contribution in [0.2, 0.25) is 0 Å². The third kappa shape index (κ3) is 2.67. The zero-order valence-corrected chi connectivity index (χ0v) is 13.7. The second-order valence-electron chi connectivity index (χ2n) is 6.43. The Morgan fingerprint density at radius 3 is 2.72 bits per heavy atom. The fourth-order valence-corrected chi connectivity index (χ4v) is 3.67. The number of pyridine rings is 1. The zero-order valence-electron chi connectivity index (χ0n) is 13.7. The summed E-state index contributed by atoms with van der Waals surface area (Å²) in [7, 11) is 0. The smallest absolute Gasteiger partial charge is 0.235 e. The van der Waals surface area contributed by atoms with Crippen molar-refractivity contribution in [3.8, 4) is 6.07 Å². The summed E-state index contributed by atoms with van der Waals surface area (Å²) in [6, 6.07) is 15.9. The number of carbonyl (C=O) groups excluding carboxylic acids is 1. The second-order valence-corrected chi connectivity index (χ2v) is 6.43. The van der Waals surface area contributed by atoms with Crippen LogP contribution >= 0.6 is 0 Å². The molecule has 1 amide bonds. The van der Waals surface area contributed by atoms with Gasteiger partial charge in [-0.25, -0.2) is 0 Å². The maximum atomic E-state index is 12.0. The van der Waals surface area contributed by atoms with Crippen molar-refractivity contribution in [3.05, 3.63) is 77.1 Å². The maximum Gasteiger partial charge on any atom is 0.235 e. The van der Waals surface area contributed by atoms with Crippen LogP contribution < -0.4 is 5.73 Å². The molecular weight excluding hydrogens is 312 g/mol. The number of rotatable bonds is 3. The lowest BCUT2D eigenvalue weighted by Crippen LogP contribution is -2.48. The number of primary amides is 1. The van der Waals surface area contributed by atoms with Gasteiger partial charge in [-0.1, -0.05) is 30.3 Å². The molecule has 1 aliphatic heterocycles. The van der Waals surface area contributed by atoms with E-state index in [1.165, 1.54) is 11.1 Å². The van der Waals surface area contributed by atoms with Gasteiger partial charge in [0.2, 0.25) is 5.91 Å². The van der Waals surface area contributed by atoms with Crippen LogP contribution in [-0.2, 0) is 24.3 Å². The zero-order chi connectivity index (χ0) is 17.4. The first kappa shape index (κ1) is 15.4. The summed E-state index contributed by atoms with van der Waals surface area (Å²) in [5, 5.41) is 9.59. The number of aromatic nitrogens is 1.